The largest absolute Gasteiger partial charge is 0.492 e. The van der Waals surface area contributed by atoms with E-state index in [-0.39, 0.29) is 5.91 Å². The lowest BCUT2D eigenvalue weighted by Crippen LogP contribution is -2.38. The molecule has 1 atom stereocenters. The number of ether oxygens (including phenoxy) is 2. The van der Waals surface area contributed by atoms with Crippen LogP contribution in [0.2, 0.25) is 10.0 Å². The van der Waals surface area contributed by atoms with Gasteiger partial charge >= 0.3 is 0 Å². The van der Waals surface area contributed by atoms with Crippen LogP contribution in [0.3, 0.4) is 0 Å². The molecule has 4 nitrogen and oxygen atoms in total. The van der Waals surface area contributed by atoms with Crippen LogP contribution in [-0.4, -0.2) is 25.2 Å². The summed E-state index contributed by atoms with van der Waals surface area (Å²) in [6, 6.07) is 10.8. The molecular formula is C19H21Cl2NO3. The Morgan fingerprint density at radius 1 is 1.04 bits per heavy atom. The summed E-state index contributed by atoms with van der Waals surface area (Å²) < 4.78 is 11.2. The Kier molecular flexibility index (Phi) is 6.97. The van der Waals surface area contributed by atoms with E-state index in [2.05, 4.69) is 5.32 Å². The summed E-state index contributed by atoms with van der Waals surface area (Å²) >= 11 is 12.0. The Balaban J connectivity index is 1.75. The molecular weight excluding hydrogens is 361 g/mol. The van der Waals surface area contributed by atoms with Crippen molar-refractivity contribution in [2.24, 2.45) is 0 Å². The van der Waals surface area contributed by atoms with E-state index >= 15 is 0 Å². The number of amides is 1. The smallest absolute Gasteiger partial charge is 0.260 e. The lowest BCUT2D eigenvalue weighted by atomic mass is 10.2. The quantitative estimate of drug-likeness (QED) is 0.714. The molecule has 0 aliphatic rings. The molecule has 0 heterocycles. The molecule has 1 unspecified atom stereocenters. The Hall–Kier alpha value is -1.91. The maximum absolute atomic E-state index is 12.1. The highest BCUT2D eigenvalue weighted by Gasteiger charge is 2.14. The van der Waals surface area contributed by atoms with Gasteiger partial charge in [-0.2, -0.15) is 0 Å². The average molecular weight is 382 g/mol. The zero-order chi connectivity index (χ0) is 18.4. The molecule has 0 spiro atoms. The maximum Gasteiger partial charge on any atom is 0.260 e. The molecule has 2 aromatic rings. The van der Waals surface area contributed by atoms with Crippen molar-refractivity contribution in [3.63, 3.8) is 0 Å². The molecule has 0 aliphatic carbocycles. The number of halogens is 2. The Bertz CT molecular complexity index is 749. The lowest BCUT2D eigenvalue weighted by Gasteiger charge is -2.15. The standard InChI is InChI=1S/C19H21Cl2NO3/c1-12-4-5-15(11-18(12)21)24-9-8-22-19(23)14(3)25-16-6-7-17(20)13(2)10-16/h4-7,10-11,14H,8-9H2,1-3H3,(H,22,23). The summed E-state index contributed by atoms with van der Waals surface area (Å²) in [6.45, 7) is 6.22. The summed E-state index contributed by atoms with van der Waals surface area (Å²) in [6.07, 6.45) is -0.616. The molecule has 25 heavy (non-hydrogen) atoms. The zero-order valence-electron chi connectivity index (χ0n) is 14.4. The first-order valence-corrected chi connectivity index (χ1v) is 8.72. The van der Waals surface area contributed by atoms with E-state index in [1.54, 1.807) is 31.2 Å². The normalized spacial score (nSPS) is 11.7. The summed E-state index contributed by atoms with van der Waals surface area (Å²) in [5.41, 5.74) is 1.89. The predicted octanol–water partition coefficient (Wildman–Crippen LogP) is 4.57. The molecule has 134 valence electrons. The van der Waals surface area contributed by atoms with Crippen LogP contribution in [0.15, 0.2) is 36.4 Å². The van der Waals surface area contributed by atoms with Crippen LogP contribution >= 0.6 is 23.2 Å². The molecule has 2 aromatic carbocycles. The van der Waals surface area contributed by atoms with Gasteiger partial charge in [-0.25, -0.2) is 0 Å². The van der Waals surface area contributed by atoms with Gasteiger partial charge in [0.15, 0.2) is 6.10 Å². The highest BCUT2D eigenvalue weighted by Crippen LogP contribution is 2.22. The van der Waals surface area contributed by atoms with Gasteiger partial charge < -0.3 is 14.8 Å². The fraction of sp³-hybridized carbons (Fsp3) is 0.316. The lowest BCUT2D eigenvalue weighted by molar-refractivity contribution is -0.127. The number of hydrogen-bond donors (Lipinski definition) is 1. The first-order valence-electron chi connectivity index (χ1n) is 7.96. The van der Waals surface area contributed by atoms with Gasteiger partial charge in [0, 0.05) is 10.0 Å². The van der Waals surface area contributed by atoms with Gasteiger partial charge in [-0.05, 0) is 62.2 Å². The fourth-order valence-corrected chi connectivity index (χ4v) is 2.39. The van der Waals surface area contributed by atoms with E-state index < -0.39 is 6.10 Å². The predicted molar refractivity (Wildman–Crippen MR) is 101 cm³/mol. The van der Waals surface area contributed by atoms with E-state index in [0.29, 0.717) is 34.7 Å². The van der Waals surface area contributed by atoms with Gasteiger partial charge in [0.25, 0.3) is 5.91 Å². The molecule has 1 amide bonds. The third-order valence-corrected chi connectivity index (χ3v) is 4.46. The molecule has 0 radical (unpaired) electrons. The van der Waals surface area contributed by atoms with Crippen LogP contribution < -0.4 is 14.8 Å². The molecule has 6 heteroatoms. The number of benzene rings is 2. The summed E-state index contributed by atoms with van der Waals surface area (Å²) in [5.74, 6) is 1.07. The van der Waals surface area contributed by atoms with Crippen molar-refractivity contribution in [3.8, 4) is 11.5 Å². The molecule has 0 saturated carbocycles. The van der Waals surface area contributed by atoms with Gasteiger partial charge in [-0.1, -0.05) is 29.3 Å². The topological polar surface area (TPSA) is 47.6 Å². The van der Waals surface area contributed by atoms with Crippen LogP contribution in [-0.2, 0) is 4.79 Å². The van der Waals surface area contributed by atoms with Crippen molar-refractivity contribution in [1.29, 1.82) is 0 Å². The number of aryl methyl sites for hydroxylation is 2. The molecule has 0 aromatic heterocycles. The minimum atomic E-state index is -0.616. The monoisotopic (exact) mass is 381 g/mol. The van der Waals surface area contributed by atoms with Gasteiger partial charge in [-0.3, -0.25) is 4.79 Å². The number of nitrogens with one attached hydrogen (secondary N) is 1. The second-order valence-corrected chi connectivity index (χ2v) is 6.54. The third-order valence-electron chi connectivity index (χ3n) is 3.62. The van der Waals surface area contributed by atoms with E-state index in [4.69, 9.17) is 32.7 Å². The van der Waals surface area contributed by atoms with E-state index in [1.165, 1.54) is 0 Å². The Morgan fingerprint density at radius 2 is 1.76 bits per heavy atom. The summed E-state index contributed by atoms with van der Waals surface area (Å²) in [4.78, 5) is 12.1. The number of carbonyl (C=O) groups excluding carboxylic acids is 1. The first-order chi connectivity index (χ1) is 11.9. The molecule has 0 fully saturated rings. The van der Waals surface area contributed by atoms with E-state index in [9.17, 15) is 4.79 Å². The van der Waals surface area contributed by atoms with Crippen molar-refractivity contribution in [1.82, 2.24) is 5.32 Å². The number of rotatable bonds is 7. The molecule has 2 rings (SSSR count). The van der Waals surface area contributed by atoms with Crippen LogP contribution in [0, 0.1) is 13.8 Å². The maximum atomic E-state index is 12.1. The second-order valence-electron chi connectivity index (χ2n) is 5.72. The van der Waals surface area contributed by atoms with Crippen LogP contribution in [0.5, 0.6) is 11.5 Å². The number of carbonyl (C=O) groups is 1. The van der Waals surface area contributed by atoms with Crippen LogP contribution in [0.1, 0.15) is 18.1 Å². The van der Waals surface area contributed by atoms with Crippen molar-refractivity contribution >= 4 is 29.1 Å². The van der Waals surface area contributed by atoms with E-state index in [0.717, 1.165) is 11.1 Å². The SMILES string of the molecule is Cc1cc(OC(C)C(=O)NCCOc2ccc(C)c(Cl)c2)ccc1Cl. The van der Waals surface area contributed by atoms with Crippen LogP contribution in [0.4, 0.5) is 0 Å². The minimum absolute atomic E-state index is 0.210. The van der Waals surface area contributed by atoms with Gasteiger partial charge in [0.05, 0.1) is 6.54 Å². The highest BCUT2D eigenvalue weighted by atomic mass is 35.5. The Labute approximate surface area is 158 Å². The molecule has 0 saturated heterocycles. The van der Waals surface area contributed by atoms with E-state index in [1.807, 2.05) is 26.0 Å². The Morgan fingerprint density at radius 3 is 2.44 bits per heavy atom. The zero-order valence-corrected chi connectivity index (χ0v) is 15.9. The summed E-state index contributed by atoms with van der Waals surface area (Å²) in [5, 5.41) is 4.10. The summed E-state index contributed by atoms with van der Waals surface area (Å²) in [7, 11) is 0. The van der Waals surface area contributed by atoms with Crippen molar-refractivity contribution in [2.75, 3.05) is 13.2 Å². The second kappa shape index (κ2) is 8.97. The van der Waals surface area contributed by atoms with Gasteiger partial charge in [-0.15, -0.1) is 0 Å². The van der Waals surface area contributed by atoms with Crippen molar-refractivity contribution in [3.05, 3.63) is 57.6 Å². The fourth-order valence-electron chi connectivity index (χ4n) is 2.10. The van der Waals surface area contributed by atoms with Gasteiger partial charge in [0.2, 0.25) is 0 Å². The molecule has 0 bridgehead atoms. The first kappa shape index (κ1) is 19.4. The molecule has 1 N–H and O–H groups in total. The third kappa shape index (κ3) is 5.83. The molecule has 0 aliphatic heterocycles. The van der Waals surface area contributed by atoms with Crippen LogP contribution in [0.25, 0.3) is 0 Å². The van der Waals surface area contributed by atoms with Gasteiger partial charge in [0.1, 0.15) is 18.1 Å². The van der Waals surface area contributed by atoms with Crippen molar-refractivity contribution < 1.29 is 14.3 Å². The van der Waals surface area contributed by atoms with Crippen molar-refractivity contribution in [2.45, 2.75) is 26.9 Å². The minimum Gasteiger partial charge on any atom is -0.492 e. The average Bonchev–Trinajstić information content (AvgIpc) is 2.58. The number of hydrogen-bond acceptors (Lipinski definition) is 3. The highest BCUT2D eigenvalue weighted by molar-refractivity contribution is 6.31.